The second kappa shape index (κ2) is 7.96. The lowest BCUT2D eigenvalue weighted by atomic mass is 9.95. The minimum absolute atomic E-state index is 0.00511. The van der Waals surface area contributed by atoms with Gasteiger partial charge in [-0.1, -0.05) is 12.1 Å². The van der Waals surface area contributed by atoms with Crippen LogP contribution in [0.25, 0.3) is 0 Å². The number of likely N-dealkylation sites (tertiary alicyclic amines) is 1. The van der Waals surface area contributed by atoms with E-state index in [1.165, 1.54) is 0 Å². The van der Waals surface area contributed by atoms with E-state index < -0.39 is 10.0 Å². The topological polar surface area (TPSA) is 95.0 Å². The molecule has 31 heavy (non-hydrogen) atoms. The van der Waals surface area contributed by atoms with Crippen LogP contribution in [0.2, 0.25) is 0 Å². The number of nitrogens with one attached hydrogen (secondary N) is 1. The van der Waals surface area contributed by atoms with Gasteiger partial charge in [0.2, 0.25) is 5.91 Å². The lowest BCUT2D eigenvalue weighted by Crippen LogP contribution is -2.41. The highest BCUT2D eigenvalue weighted by Gasteiger charge is 2.34. The van der Waals surface area contributed by atoms with Crippen molar-refractivity contribution in [2.45, 2.75) is 30.6 Å². The van der Waals surface area contributed by atoms with Crippen LogP contribution in [-0.2, 0) is 14.8 Å². The third-order valence-electron chi connectivity index (χ3n) is 6.23. The molecule has 8 nitrogen and oxygen atoms in total. The van der Waals surface area contributed by atoms with Crippen molar-refractivity contribution >= 4 is 33.3 Å². The molecule has 2 saturated heterocycles. The molecule has 0 bridgehead atoms. The molecular weight excluding hydrogens is 414 g/mol. The molecule has 3 aliphatic heterocycles. The Kier molecular flexibility index (Phi) is 5.13. The first kappa shape index (κ1) is 20.0. The van der Waals surface area contributed by atoms with Crippen LogP contribution in [0.5, 0.6) is 0 Å². The number of hydrogen-bond acceptors (Lipinski definition) is 6. The molecule has 0 unspecified atom stereocenters. The number of benzene rings is 1. The monoisotopic (exact) mass is 439 g/mol. The number of amides is 1. The van der Waals surface area contributed by atoms with Gasteiger partial charge in [0.25, 0.3) is 10.0 Å². The number of nitrogens with zero attached hydrogens (tertiary/aromatic N) is 4. The molecule has 0 spiro atoms. The summed E-state index contributed by atoms with van der Waals surface area (Å²) in [5.41, 5.74) is 1.41. The largest absolute Gasteiger partial charge is 0.355 e. The van der Waals surface area contributed by atoms with Crippen molar-refractivity contribution < 1.29 is 13.2 Å². The molecule has 2 aromatic rings. The second-order valence-electron chi connectivity index (χ2n) is 8.21. The van der Waals surface area contributed by atoms with E-state index in [0.717, 1.165) is 37.4 Å². The second-order valence-corrected chi connectivity index (χ2v) is 9.78. The van der Waals surface area contributed by atoms with Gasteiger partial charge in [0, 0.05) is 43.9 Å². The Bertz CT molecular complexity index is 1130. The number of fused-ring (bicyclic) bond motifs is 1. The van der Waals surface area contributed by atoms with Crippen LogP contribution in [-0.4, -0.2) is 56.2 Å². The summed E-state index contributed by atoms with van der Waals surface area (Å²) < 4.78 is 28.7. The van der Waals surface area contributed by atoms with E-state index in [1.54, 1.807) is 24.4 Å². The maximum atomic E-state index is 13.0. The summed E-state index contributed by atoms with van der Waals surface area (Å²) in [6, 6.07) is 10.7. The average molecular weight is 440 g/mol. The molecular formula is C22H25N5O3S. The van der Waals surface area contributed by atoms with Crippen LogP contribution in [0.4, 0.5) is 11.5 Å². The van der Waals surface area contributed by atoms with Crippen molar-refractivity contribution in [3.05, 3.63) is 48.2 Å². The number of amidine groups is 1. The molecule has 0 saturated carbocycles. The van der Waals surface area contributed by atoms with Gasteiger partial charge >= 0.3 is 0 Å². The zero-order chi connectivity index (χ0) is 21.4. The average Bonchev–Trinajstić information content (AvgIpc) is 3.41. The number of aromatic nitrogens is 1. The lowest BCUT2D eigenvalue weighted by molar-refractivity contribution is -0.120. The van der Waals surface area contributed by atoms with Crippen molar-refractivity contribution in [1.82, 2.24) is 9.88 Å². The Morgan fingerprint density at radius 1 is 0.968 bits per heavy atom. The number of pyridine rings is 1. The highest BCUT2D eigenvalue weighted by atomic mass is 32.2. The Morgan fingerprint density at radius 2 is 1.71 bits per heavy atom. The maximum Gasteiger partial charge on any atom is 0.285 e. The molecule has 0 radical (unpaired) electrons. The van der Waals surface area contributed by atoms with E-state index in [9.17, 15) is 13.2 Å². The Hall–Kier alpha value is -2.94. The van der Waals surface area contributed by atoms with E-state index in [-0.39, 0.29) is 16.7 Å². The number of carbonyl (C=O) groups is 1. The smallest absolute Gasteiger partial charge is 0.285 e. The maximum absolute atomic E-state index is 13.0. The van der Waals surface area contributed by atoms with Crippen molar-refractivity contribution in [3.8, 4) is 0 Å². The molecule has 4 heterocycles. The van der Waals surface area contributed by atoms with Crippen LogP contribution < -0.4 is 10.2 Å². The number of piperidine rings is 1. The van der Waals surface area contributed by atoms with Crippen LogP contribution in [0, 0.1) is 5.92 Å². The number of carbonyl (C=O) groups excluding carboxylic acids is 1. The first-order valence-corrected chi connectivity index (χ1v) is 12.2. The van der Waals surface area contributed by atoms with Crippen molar-refractivity contribution in [2.75, 3.05) is 36.4 Å². The summed E-state index contributed by atoms with van der Waals surface area (Å²) in [6.07, 6.45) is 5.34. The van der Waals surface area contributed by atoms with Gasteiger partial charge in [-0.2, -0.15) is 8.42 Å². The molecule has 1 aromatic heterocycles. The predicted octanol–water partition coefficient (Wildman–Crippen LogP) is 2.48. The van der Waals surface area contributed by atoms with Crippen LogP contribution in [0.3, 0.4) is 0 Å². The number of anilines is 2. The van der Waals surface area contributed by atoms with Gasteiger partial charge in [-0.15, -0.1) is 4.40 Å². The minimum Gasteiger partial charge on any atom is -0.355 e. The van der Waals surface area contributed by atoms with Gasteiger partial charge in [-0.25, -0.2) is 4.98 Å². The SMILES string of the molecule is O=C(Nc1cccnc1N1CCCC1)C1CCN(C2=NS(=O)(=O)c3ccccc32)CC1. The quantitative estimate of drug-likeness (QED) is 0.790. The third-order valence-corrected chi connectivity index (χ3v) is 7.55. The van der Waals surface area contributed by atoms with Gasteiger partial charge in [0.1, 0.15) is 4.90 Å². The minimum atomic E-state index is -3.63. The highest BCUT2D eigenvalue weighted by Crippen LogP contribution is 2.31. The molecule has 3 aliphatic rings. The van der Waals surface area contributed by atoms with Gasteiger partial charge in [-0.05, 0) is 49.9 Å². The molecule has 1 N–H and O–H groups in total. The zero-order valence-electron chi connectivity index (χ0n) is 17.2. The fourth-order valence-electron chi connectivity index (χ4n) is 4.58. The van der Waals surface area contributed by atoms with Crippen molar-refractivity contribution in [3.63, 3.8) is 0 Å². The first-order chi connectivity index (χ1) is 15.0. The van der Waals surface area contributed by atoms with E-state index in [4.69, 9.17) is 0 Å². The Labute approximate surface area is 182 Å². The summed E-state index contributed by atoms with van der Waals surface area (Å²) in [5.74, 6) is 1.21. The summed E-state index contributed by atoms with van der Waals surface area (Å²) >= 11 is 0. The molecule has 9 heteroatoms. The number of rotatable bonds is 3. The fourth-order valence-corrected chi connectivity index (χ4v) is 5.81. The molecule has 1 amide bonds. The van der Waals surface area contributed by atoms with Gasteiger partial charge in [0.05, 0.1) is 5.69 Å². The van der Waals surface area contributed by atoms with E-state index in [1.807, 2.05) is 23.1 Å². The molecule has 0 atom stereocenters. The number of sulfonamides is 1. The summed E-state index contributed by atoms with van der Waals surface area (Å²) in [5, 5.41) is 3.08. The molecule has 162 valence electrons. The van der Waals surface area contributed by atoms with Gasteiger partial charge < -0.3 is 15.1 Å². The first-order valence-electron chi connectivity index (χ1n) is 10.7. The fraction of sp³-hybridized carbons (Fsp3) is 0.409. The van der Waals surface area contributed by atoms with Gasteiger partial charge in [-0.3, -0.25) is 4.79 Å². The number of hydrogen-bond donors (Lipinski definition) is 1. The molecule has 5 rings (SSSR count). The summed E-state index contributed by atoms with van der Waals surface area (Å²) in [6.45, 7) is 3.11. The van der Waals surface area contributed by atoms with Gasteiger partial charge in [0.15, 0.2) is 11.7 Å². The van der Waals surface area contributed by atoms with Crippen LogP contribution in [0.1, 0.15) is 31.2 Å². The van der Waals surface area contributed by atoms with E-state index in [0.29, 0.717) is 37.3 Å². The lowest BCUT2D eigenvalue weighted by Gasteiger charge is -2.32. The van der Waals surface area contributed by atoms with Crippen molar-refractivity contribution in [2.24, 2.45) is 10.3 Å². The van der Waals surface area contributed by atoms with E-state index in [2.05, 4.69) is 19.6 Å². The van der Waals surface area contributed by atoms with E-state index >= 15 is 0 Å². The molecule has 2 fully saturated rings. The van der Waals surface area contributed by atoms with Crippen LogP contribution >= 0.6 is 0 Å². The Morgan fingerprint density at radius 3 is 2.48 bits per heavy atom. The highest BCUT2D eigenvalue weighted by molar-refractivity contribution is 7.90. The standard InChI is InChI=1S/C22H25N5O3S/c28-22(24-18-7-5-11-23-21(18)26-12-3-4-13-26)16-9-14-27(15-10-16)20-17-6-1-2-8-19(17)31(29,30)25-20/h1-2,5-8,11,16H,3-4,9-10,12-15H2,(H,24,28). The molecule has 1 aromatic carbocycles. The molecule has 0 aliphatic carbocycles. The normalized spacial score (nSPS) is 20.5. The van der Waals surface area contributed by atoms with Crippen molar-refractivity contribution in [1.29, 1.82) is 0 Å². The summed E-state index contributed by atoms with van der Waals surface area (Å²) in [7, 11) is -3.63. The zero-order valence-corrected chi connectivity index (χ0v) is 18.0. The third kappa shape index (κ3) is 3.78. The predicted molar refractivity (Wildman–Crippen MR) is 119 cm³/mol. The Balaban J connectivity index is 1.25. The van der Waals surface area contributed by atoms with Crippen LogP contribution in [0.15, 0.2) is 51.9 Å². The summed E-state index contributed by atoms with van der Waals surface area (Å²) in [4.78, 5) is 21.9.